The molecule has 1 amide bonds. The molecule has 1 aromatic carbocycles. The summed E-state index contributed by atoms with van der Waals surface area (Å²) in [5, 5.41) is 3.51. The summed E-state index contributed by atoms with van der Waals surface area (Å²) in [7, 11) is 1.85. The maximum atomic E-state index is 11.9. The fourth-order valence-electron chi connectivity index (χ4n) is 3.76. The molecule has 5 nitrogen and oxygen atoms in total. The van der Waals surface area contributed by atoms with Crippen molar-refractivity contribution < 1.29 is 4.79 Å². The molecule has 26 heavy (non-hydrogen) atoms. The van der Waals surface area contributed by atoms with Crippen LogP contribution >= 0.6 is 24.0 Å². The van der Waals surface area contributed by atoms with E-state index in [0.29, 0.717) is 18.4 Å². The molecule has 2 heterocycles. The number of rotatable bonds is 4. The van der Waals surface area contributed by atoms with E-state index in [-0.39, 0.29) is 29.9 Å². The van der Waals surface area contributed by atoms with Crippen LogP contribution in [-0.2, 0) is 17.9 Å². The standard InChI is InChI=1S/C20H30N4O.HI/c1-20(2)10-12-24(15-20)19(21-3)22-13-16-7-4-5-8-17(16)14-23-11-6-9-18(23)25;/h4-5,7-8H,6,9-15H2,1-3H3,(H,21,22);1H. The average molecular weight is 470 g/mol. The topological polar surface area (TPSA) is 47.9 Å². The number of amides is 1. The summed E-state index contributed by atoms with van der Waals surface area (Å²) in [5.74, 6) is 1.25. The molecular formula is C20H31IN4O. The number of nitrogens with zero attached hydrogens (tertiary/aromatic N) is 3. The van der Waals surface area contributed by atoms with E-state index in [9.17, 15) is 4.79 Å². The fourth-order valence-corrected chi connectivity index (χ4v) is 3.76. The lowest BCUT2D eigenvalue weighted by Gasteiger charge is -2.24. The van der Waals surface area contributed by atoms with Crippen LogP contribution in [-0.4, -0.2) is 48.3 Å². The highest BCUT2D eigenvalue weighted by Crippen LogP contribution is 2.28. The third-order valence-corrected chi connectivity index (χ3v) is 5.28. The number of hydrogen-bond donors (Lipinski definition) is 1. The van der Waals surface area contributed by atoms with E-state index >= 15 is 0 Å². The number of guanidine groups is 1. The molecule has 0 bridgehead atoms. The first kappa shape index (κ1) is 21.0. The zero-order chi connectivity index (χ0) is 17.9. The number of carbonyl (C=O) groups is 1. The zero-order valence-corrected chi connectivity index (χ0v) is 18.5. The minimum absolute atomic E-state index is 0. The Morgan fingerprint density at radius 1 is 1.23 bits per heavy atom. The first-order chi connectivity index (χ1) is 12.0. The van der Waals surface area contributed by atoms with Crippen molar-refractivity contribution in [2.24, 2.45) is 10.4 Å². The number of likely N-dealkylation sites (tertiary alicyclic amines) is 2. The Hall–Kier alpha value is -1.31. The Morgan fingerprint density at radius 3 is 2.54 bits per heavy atom. The lowest BCUT2D eigenvalue weighted by atomic mass is 9.93. The largest absolute Gasteiger partial charge is 0.352 e. The van der Waals surface area contributed by atoms with Crippen LogP contribution in [0.3, 0.4) is 0 Å². The van der Waals surface area contributed by atoms with Gasteiger partial charge in [-0.15, -0.1) is 24.0 Å². The van der Waals surface area contributed by atoms with Gasteiger partial charge in [-0.2, -0.15) is 0 Å². The van der Waals surface area contributed by atoms with Gasteiger partial charge in [0.25, 0.3) is 0 Å². The van der Waals surface area contributed by atoms with Crippen molar-refractivity contribution in [1.82, 2.24) is 15.1 Å². The fraction of sp³-hybridized carbons (Fsp3) is 0.600. The molecule has 0 radical (unpaired) electrons. The van der Waals surface area contributed by atoms with Gasteiger partial charge in [0.2, 0.25) is 5.91 Å². The van der Waals surface area contributed by atoms with E-state index in [1.54, 1.807) is 0 Å². The molecule has 2 aliphatic rings. The van der Waals surface area contributed by atoms with Crippen LogP contribution in [0.25, 0.3) is 0 Å². The van der Waals surface area contributed by atoms with Crippen LogP contribution in [0.2, 0.25) is 0 Å². The molecule has 1 N–H and O–H groups in total. The van der Waals surface area contributed by atoms with Crippen molar-refractivity contribution in [2.75, 3.05) is 26.7 Å². The van der Waals surface area contributed by atoms with Gasteiger partial charge in [0.05, 0.1) is 0 Å². The van der Waals surface area contributed by atoms with Crippen LogP contribution in [0.5, 0.6) is 0 Å². The molecule has 2 fully saturated rings. The highest BCUT2D eigenvalue weighted by Gasteiger charge is 2.30. The number of carbonyl (C=O) groups excluding carboxylic acids is 1. The van der Waals surface area contributed by atoms with Crippen molar-refractivity contribution in [3.63, 3.8) is 0 Å². The van der Waals surface area contributed by atoms with Crippen molar-refractivity contribution in [2.45, 2.75) is 46.2 Å². The SMILES string of the molecule is CN=C(NCc1ccccc1CN1CCCC1=O)N1CCC(C)(C)C1.I. The quantitative estimate of drug-likeness (QED) is 0.418. The van der Waals surface area contributed by atoms with Crippen molar-refractivity contribution in [1.29, 1.82) is 0 Å². The van der Waals surface area contributed by atoms with Crippen molar-refractivity contribution in [3.8, 4) is 0 Å². The first-order valence-corrected chi connectivity index (χ1v) is 9.29. The van der Waals surface area contributed by atoms with Crippen molar-refractivity contribution in [3.05, 3.63) is 35.4 Å². The summed E-state index contributed by atoms with van der Waals surface area (Å²) in [6.07, 6.45) is 2.87. The predicted molar refractivity (Wildman–Crippen MR) is 117 cm³/mol. The smallest absolute Gasteiger partial charge is 0.222 e. The molecule has 1 aromatic rings. The molecular weight excluding hydrogens is 439 g/mol. The van der Waals surface area contributed by atoms with Crippen molar-refractivity contribution >= 4 is 35.8 Å². The summed E-state index contributed by atoms with van der Waals surface area (Å²) in [6, 6.07) is 8.39. The van der Waals surface area contributed by atoms with Crippen LogP contribution in [0, 0.1) is 5.41 Å². The zero-order valence-electron chi connectivity index (χ0n) is 16.1. The lowest BCUT2D eigenvalue weighted by Crippen LogP contribution is -2.40. The summed E-state index contributed by atoms with van der Waals surface area (Å²) in [6.45, 7) is 9.04. The average Bonchev–Trinajstić information content (AvgIpc) is 3.15. The minimum Gasteiger partial charge on any atom is -0.352 e. The van der Waals surface area contributed by atoms with Gasteiger partial charge in [0.15, 0.2) is 5.96 Å². The van der Waals surface area contributed by atoms with E-state index in [1.165, 1.54) is 17.5 Å². The molecule has 0 saturated carbocycles. The molecule has 3 rings (SSSR count). The summed E-state index contributed by atoms with van der Waals surface area (Å²) >= 11 is 0. The van der Waals surface area contributed by atoms with Gasteiger partial charge in [-0.25, -0.2) is 0 Å². The molecule has 2 aliphatic heterocycles. The Bertz CT molecular complexity index is 659. The molecule has 0 atom stereocenters. The van der Waals surface area contributed by atoms with E-state index in [2.05, 4.69) is 53.3 Å². The summed E-state index contributed by atoms with van der Waals surface area (Å²) < 4.78 is 0. The number of benzene rings is 1. The summed E-state index contributed by atoms with van der Waals surface area (Å²) in [5.41, 5.74) is 2.82. The van der Waals surface area contributed by atoms with Gasteiger partial charge in [-0.3, -0.25) is 9.79 Å². The molecule has 0 spiro atoms. The molecule has 0 aliphatic carbocycles. The van der Waals surface area contributed by atoms with Crippen LogP contribution in [0.4, 0.5) is 0 Å². The maximum Gasteiger partial charge on any atom is 0.222 e. The highest BCUT2D eigenvalue weighted by molar-refractivity contribution is 14.0. The molecule has 2 saturated heterocycles. The second-order valence-electron chi connectivity index (χ2n) is 7.92. The highest BCUT2D eigenvalue weighted by atomic mass is 127. The Labute approximate surface area is 174 Å². The molecule has 0 unspecified atom stereocenters. The first-order valence-electron chi connectivity index (χ1n) is 9.29. The summed E-state index contributed by atoms with van der Waals surface area (Å²) in [4.78, 5) is 20.7. The lowest BCUT2D eigenvalue weighted by molar-refractivity contribution is -0.128. The normalized spacial score (nSPS) is 19.7. The van der Waals surface area contributed by atoms with E-state index < -0.39 is 0 Å². The van der Waals surface area contributed by atoms with Gasteiger partial charge in [0.1, 0.15) is 0 Å². The molecule has 6 heteroatoms. The van der Waals surface area contributed by atoms with Crippen LogP contribution in [0.1, 0.15) is 44.2 Å². The van der Waals surface area contributed by atoms with Gasteiger partial charge in [-0.1, -0.05) is 38.1 Å². The second kappa shape index (κ2) is 9.06. The van der Waals surface area contributed by atoms with E-state index in [0.717, 1.165) is 38.6 Å². The van der Waals surface area contributed by atoms with Gasteiger partial charge in [-0.05, 0) is 29.4 Å². The number of aliphatic imine (C=N–C) groups is 1. The van der Waals surface area contributed by atoms with E-state index in [4.69, 9.17) is 0 Å². The Balaban J connectivity index is 0.00000243. The third-order valence-electron chi connectivity index (χ3n) is 5.28. The van der Waals surface area contributed by atoms with Gasteiger partial charge >= 0.3 is 0 Å². The Morgan fingerprint density at radius 2 is 1.96 bits per heavy atom. The predicted octanol–water partition coefficient (Wildman–Crippen LogP) is 3.23. The van der Waals surface area contributed by atoms with E-state index in [1.807, 2.05) is 11.9 Å². The number of nitrogens with one attached hydrogen (secondary N) is 1. The van der Waals surface area contributed by atoms with Gasteiger partial charge < -0.3 is 15.1 Å². The number of halogens is 1. The number of hydrogen-bond acceptors (Lipinski definition) is 2. The second-order valence-corrected chi connectivity index (χ2v) is 7.92. The van der Waals surface area contributed by atoms with Gasteiger partial charge in [0, 0.05) is 46.2 Å². The molecule has 0 aromatic heterocycles. The third kappa shape index (κ3) is 5.11. The Kier molecular flexibility index (Phi) is 7.32. The molecule has 144 valence electrons. The van der Waals surface area contributed by atoms with Crippen LogP contribution < -0.4 is 5.32 Å². The monoisotopic (exact) mass is 470 g/mol. The van der Waals surface area contributed by atoms with Crippen LogP contribution in [0.15, 0.2) is 29.3 Å². The maximum absolute atomic E-state index is 11.9. The minimum atomic E-state index is 0.